The highest BCUT2D eigenvalue weighted by atomic mass is 16.3. The molecule has 1 amide bonds. The maximum absolute atomic E-state index is 11.0. The molecule has 0 bridgehead atoms. The van der Waals surface area contributed by atoms with E-state index in [4.69, 9.17) is 5.73 Å². The summed E-state index contributed by atoms with van der Waals surface area (Å²) in [5, 5.41) is 12.6. The Morgan fingerprint density at radius 3 is 2.75 bits per heavy atom. The van der Waals surface area contributed by atoms with Crippen LogP contribution in [0, 0.1) is 0 Å². The number of hydrogen-bond donors (Lipinski definition) is 2. The molecular formula is C19H21N3O2. The largest absolute Gasteiger partial charge is 0.391 e. The molecule has 0 unspecified atom stereocenters. The van der Waals surface area contributed by atoms with Crippen molar-refractivity contribution in [2.45, 2.75) is 31.9 Å². The molecule has 3 aromatic rings. The number of carbonyl (C=O) groups is 1. The van der Waals surface area contributed by atoms with Gasteiger partial charge in [-0.25, -0.2) is 4.98 Å². The van der Waals surface area contributed by atoms with Crippen molar-refractivity contribution in [1.82, 2.24) is 9.55 Å². The van der Waals surface area contributed by atoms with E-state index in [1.807, 2.05) is 12.1 Å². The Morgan fingerprint density at radius 1 is 1.21 bits per heavy atom. The molecule has 0 aliphatic rings. The van der Waals surface area contributed by atoms with Gasteiger partial charge in [0.1, 0.15) is 5.69 Å². The van der Waals surface area contributed by atoms with Crippen LogP contribution in [0.25, 0.3) is 10.8 Å². The Kier molecular flexibility index (Phi) is 4.91. The summed E-state index contributed by atoms with van der Waals surface area (Å²) in [6.45, 7) is 0.415. The van der Waals surface area contributed by atoms with E-state index in [0.29, 0.717) is 13.0 Å². The lowest BCUT2D eigenvalue weighted by atomic mass is 10.0. The number of aromatic nitrogens is 2. The molecule has 3 N–H and O–H groups in total. The number of aliphatic hydroxyl groups excluding tert-OH is 1. The van der Waals surface area contributed by atoms with Gasteiger partial charge in [-0.1, -0.05) is 42.5 Å². The van der Waals surface area contributed by atoms with Crippen LogP contribution in [0.15, 0.2) is 55.0 Å². The van der Waals surface area contributed by atoms with Crippen molar-refractivity contribution in [2.24, 2.45) is 5.73 Å². The Bertz CT molecular complexity index is 841. The molecule has 5 heteroatoms. The van der Waals surface area contributed by atoms with Gasteiger partial charge in [0.2, 0.25) is 0 Å². The third-order valence-electron chi connectivity index (χ3n) is 4.12. The third kappa shape index (κ3) is 4.00. The Balaban J connectivity index is 1.50. The van der Waals surface area contributed by atoms with Crippen molar-refractivity contribution in [2.75, 3.05) is 0 Å². The Morgan fingerprint density at radius 2 is 2.00 bits per heavy atom. The first-order chi connectivity index (χ1) is 11.6. The molecule has 0 aliphatic carbocycles. The summed E-state index contributed by atoms with van der Waals surface area (Å²) >= 11 is 0. The first-order valence-corrected chi connectivity index (χ1v) is 8.09. The van der Waals surface area contributed by atoms with Crippen LogP contribution >= 0.6 is 0 Å². The molecule has 5 nitrogen and oxygen atoms in total. The summed E-state index contributed by atoms with van der Waals surface area (Å²) in [7, 11) is 0. The second-order valence-electron chi connectivity index (χ2n) is 6.05. The average Bonchev–Trinajstić information content (AvgIpc) is 3.03. The number of fused-ring (bicyclic) bond motifs is 1. The second-order valence-corrected chi connectivity index (χ2v) is 6.05. The van der Waals surface area contributed by atoms with Crippen LogP contribution in [0.4, 0.5) is 0 Å². The highest BCUT2D eigenvalue weighted by Gasteiger charge is 2.09. The fourth-order valence-corrected chi connectivity index (χ4v) is 2.86. The zero-order valence-electron chi connectivity index (χ0n) is 13.4. The van der Waals surface area contributed by atoms with Gasteiger partial charge in [0.05, 0.1) is 12.4 Å². The molecule has 0 spiro atoms. The zero-order chi connectivity index (χ0) is 16.9. The molecule has 1 aromatic heterocycles. The molecule has 0 saturated carbocycles. The van der Waals surface area contributed by atoms with Gasteiger partial charge in [0.25, 0.3) is 5.91 Å². The van der Waals surface area contributed by atoms with Crippen LogP contribution in [0.1, 0.15) is 28.9 Å². The van der Waals surface area contributed by atoms with Crippen molar-refractivity contribution < 1.29 is 9.90 Å². The molecule has 124 valence electrons. The molecule has 2 aromatic carbocycles. The van der Waals surface area contributed by atoms with Crippen LogP contribution in [0.2, 0.25) is 0 Å². The van der Waals surface area contributed by atoms with Crippen LogP contribution < -0.4 is 5.73 Å². The van der Waals surface area contributed by atoms with Gasteiger partial charge in [-0.3, -0.25) is 4.79 Å². The van der Waals surface area contributed by atoms with E-state index in [9.17, 15) is 9.90 Å². The SMILES string of the molecule is NC(=O)c1cn(C[C@@H](O)CCCc2ccc3ccccc3c2)cn1. The lowest BCUT2D eigenvalue weighted by molar-refractivity contribution is 0.0995. The molecule has 0 saturated heterocycles. The van der Waals surface area contributed by atoms with Crippen LogP contribution in [0.5, 0.6) is 0 Å². The minimum Gasteiger partial charge on any atom is -0.391 e. The number of aliphatic hydroxyl groups is 1. The van der Waals surface area contributed by atoms with Crippen molar-refractivity contribution in [1.29, 1.82) is 0 Å². The highest BCUT2D eigenvalue weighted by Crippen LogP contribution is 2.17. The van der Waals surface area contributed by atoms with Crippen molar-refractivity contribution in [3.05, 3.63) is 66.2 Å². The van der Waals surface area contributed by atoms with Crippen LogP contribution in [0.3, 0.4) is 0 Å². The monoisotopic (exact) mass is 323 g/mol. The van der Waals surface area contributed by atoms with Gasteiger partial charge in [-0.05, 0) is 35.6 Å². The Hall–Kier alpha value is -2.66. The highest BCUT2D eigenvalue weighted by molar-refractivity contribution is 5.90. The zero-order valence-corrected chi connectivity index (χ0v) is 13.4. The number of primary amides is 1. The van der Waals surface area contributed by atoms with E-state index >= 15 is 0 Å². The molecule has 0 radical (unpaired) electrons. The first-order valence-electron chi connectivity index (χ1n) is 8.09. The summed E-state index contributed by atoms with van der Waals surface area (Å²) in [6, 6.07) is 14.8. The molecule has 0 aliphatic heterocycles. The summed E-state index contributed by atoms with van der Waals surface area (Å²) in [6.07, 6.45) is 5.13. The number of imidazole rings is 1. The molecule has 1 heterocycles. The van der Waals surface area contributed by atoms with Crippen LogP contribution in [-0.2, 0) is 13.0 Å². The number of carbonyl (C=O) groups excluding carboxylic acids is 1. The maximum atomic E-state index is 11.0. The van der Waals surface area contributed by atoms with E-state index in [2.05, 4.69) is 35.3 Å². The minimum atomic E-state index is -0.556. The predicted octanol–water partition coefficient (Wildman–Crippen LogP) is 2.52. The van der Waals surface area contributed by atoms with E-state index in [1.165, 1.54) is 22.7 Å². The Labute approximate surface area is 140 Å². The second kappa shape index (κ2) is 7.27. The summed E-state index contributed by atoms with van der Waals surface area (Å²) in [5.74, 6) is -0.556. The van der Waals surface area contributed by atoms with Crippen molar-refractivity contribution >= 4 is 16.7 Å². The number of hydrogen-bond acceptors (Lipinski definition) is 3. The number of rotatable bonds is 7. The minimum absolute atomic E-state index is 0.221. The number of aryl methyl sites for hydroxylation is 1. The van der Waals surface area contributed by atoms with Gasteiger partial charge in [-0.15, -0.1) is 0 Å². The maximum Gasteiger partial charge on any atom is 0.268 e. The average molecular weight is 323 g/mol. The van der Waals surface area contributed by atoms with Gasteiger partial charge in [0.15, 0.2) is 0 Å². The lowest BCUT2D eigenvalue weighted by Gasteiger charge is -2.11. The van der Waals surface area contributed by atoms with Gasteiger partial charge in [-0.2, -0.15) is 0 Å². The standard InChI is InChI=1S/C19H21N3O2/c20-19(24)18-12-22(13-21-18)11-17(23)7-3-4-14-8-9-15-5-1-2-6-16(15)10-14/h1-2,5-6,8-10,12-13,17,23H,3-4,7,11H2,(H2,20,24)/t17-/m0/s1. The molecular weight excluding hydrogens is 302 g/mol. The number of nitrogens with two attached hydrogens (primary N) is 1. The molecule has 3 rings (SSSR count). The van der Waals surface area contributed by atoms with Gasteiger partial charge >= 0.3 is 0 Å². The summed E-state index contributed by atoms with van der Waals surface area (Å²) < 4.78 is 1.70. The predicted molar refractivity (Wildman–Crippen MR) is 93.6 cm³/mol. The summed E-state index contributed by atoms with van der Waals surface area (Å²) in [4.78, 5) is 14.9. The van der Waals surface area contributed by atoms with E-state index in [-0.39, 0.29) is 5.69 Å². The fourth-order valence-electron chi connectivity index (χ4n) is 2.86. The molecule has 1 atom stereocenters. The fraction of sp³-hybridized carbons (Fsp3) is 0.263. The van der Waals surface area contributed by atoms with Crippen LogP contribution in [-0.4, -0.2) is 26.7 Å². The van der Waals surface area contributed by atoms with Gasteiger partial charge < -0.3 is 15.4 Å². The number of benzene rings is 2. The van der Waals surface area contributed by atoms with E-state index < -0.39 is 12.0 Å². The van der Waals surface area contributed by atoms with Crippen molar-refractivity contribution in [3.8, 4) is 0 Å². The first kappa shape index (κ1) is 16.2. The molecule has 0 fully saturated rings. The van der Waals surface area contributed by atoms with Gasteiger partial charge in [0, 0.05) is 12.7 Å². The number of amides is 1. The van der Waals surface area contributed by atoms with E-state index in [1.54, 1.807) is 10.8 Å². The third-order valence-corrected chi connectivity index (χ3v) is 4.12. The smallest absolute Gasteiger partial charge is 0.268 e. The molecule has 24 heavy (non-hydrogen) atoms. The van der Waals surface area contributed by atoms with E-state index in [0.717, 1.165) is 12.8 Å². The van der Waals surface area contributed by atoms with Crippen molar-refractivity contribution in [3.63, 3.8) is 0 Å². The normalized spacial score (nSPS) is 12.4. The summed E-state index contributed by atoms with van der Waals surface area (Å²) in [5.41, 5.74) is 6.66. The number of nitrogens with zero attached hydrogens (tertiary/aromatic N) is 2. The quantitative estimate of drug-likeness (QED) is 0.701. The topological polar surface area (TPSA) is 81.1 Å². The lowest BCUT2D eigenvalue weighted by Crippen LogP contribution is -2.15.